The Kier molecular flexibility index (Phi) is 13.2. The number of rotatable bonds is 15. The monoisotopic (exact) mass is 539 g/mol. The number of hydrogen-bond donors (Lipinski definition) is 3. The minimum absolute atomic E-state index is 0.0206. The third kappa shape index (κ3) is 13.1. The van der Waals surface area contributed by atoms with Gasteiger partial charge in [0.15, 0.2) is 0 Å². The number of alkyl carbamates (subject to hydrolysis) is 1. The second kappa shape index (κ2) is 16.3. The largest absolute Gasteiger partial charge is 0.458 e. The average molecular weight is 540 g/mol. The maximum atomic E-state index is 13.3. The zero-order chi connectivity index (χ0) is 28.7. The van der Waals surface area contributed by atoms with Crippen LogP contribution in [0.25, 0.3) is 0 Å². The number of amides is 2. The zero-order valence-corrected chi connectivity index (χ0v) is 23.1. The van der Waals surface area contributed by atoms with Crippen LogP contribution in [0, 0.1) is 5.92 Å². The Labute approximate surface area is 230 Å². The van der Waals surface area contributed by atoms with Crippen LogP contribution in [0.4, 0.5) is 4.79 Å². The van der Waals surface area contributed by atoms with Gasteiger partial charge in [-0.3, -0.25) is 9.59 Å². The Hall–Kier alpha value is -3.72. The van der Waals surface area contributed by atoms with Gasteiger partial charge < -0.3 is 25.8 Å². The van der Waals surface area contributed by atoms with Gasteiger partial charge in [-0.2, -0.15) is 0 Å². The molecule has 39 heavy (non-hydrogen) atoms. The summed E-state index contributed by atoms with van der Waals surface area (Å²) in [5.74, 6) is -1.85. The van der Waals surface area contributed by atoms with E-state index in [0.29, 0.717) is 32.2 Å². The number of Topliss-reactive ketones (excluding diaryl/α,β-unsaturated/α-hetero) is 1. The van der Waals surface area contributed by atoms with Crippen molar-refractivity contribution in [1.82, 2.24) is 10.6 Å². The van der Waals surface area contributed by atoms with Gasteiger partial charge >= 0.3 is 12.1 Å². The minimum atomic E-state index is -0.895. The van der Waals surface area contributed by atoms with Gasteiger partial charge in [-0.1, -0.05) is 60.7 Å². The highest BCUT2D eigenvalue weighted by atomic mass is 16.6. The highest BCUT2D eigenvalue weighted by Gasteiger charge is 2.30. The smallest absolute Gasteiger partial charge is 0.407 e. The van der Waals surface area contributed by atoms with Crippen molar-refractivity contribution in [3.05, 3.63) is 71.8 Å². The number of nitrogens with one attached hydrogen (secondary N) is 2. The number of nitrogens with two attached hydrogens (primary N) is 1. The molecule has 2 rings (SSSR count). The molecule has 0 saturated carbocycles. The number of esters is 1. The third-order valence-corrected chi connectivity index (χ3v) is 5.81. The molecule has 0 radical (unpaired) electrons. The van der Waals surface area contributed by atoms with E-state index in [1.807, 2.05) is 60.7 Å². The predicted molar refractivity (Wildman–Crippen MR) is 149 cm³/mol. The molecule has 0 aliphatic carbocycles. The van der Waals surface area contributed by atoms with Gasteiger partial charge in [-0.05, 0) is 57.6 Å². The first kappa shape index (κ1) is 31.5. The second-order valence-electron chi connectivity index (χ2n) is 10.4. The fourth-order valence-electron chi connectivity index (χ4n) is 3.86. The molecule has 0 fully saturated rings. The molecule has 2 amide bonds. The van der Waals surface area contributed by atoms with Gasteiger partial charge in [0, 0.05) is 18.9 Å². The third-order valence-electron chi connectivity index (χ3n) is 5.81. The van der Waals surface area contributed by atoms with Crippen molar-refractivity contribution in [3.8, 4) is 0 Å². The molecular formula is C30H41N3O6. The molecule has 9 nitrogen and oxygen atoms in total. The van der Waals surface area contributed by atoms with Crippen LogP contribution in [0.3, 0.4) is 0 Å². The lowest BCUT2D eigenvalue weighted by atomic mass is 9.92. The lowest BCUT2D eigenvalue weighted by molar-refractivity contribution is -0.159. The summed E-state index contributed by atoms with van der Waals surface area (Å²) in [7, 11) is 0. The van der Waals surface area contributed by atoms with Gasteiger partial charge in [0.25, 0.3) is 0 Å². The summed E-state index contributed by atoms with van der Waals surface area (Å²) < 4.78 is 10.7. The van der Waals surface area contributed by atoms with Crippen LogP contribution in [0.2, 0.25) is 0 Å². The van der Waals surface area contributed by atoms with Crippen molar-refractivity contribution < 1.29 is 28.7 Å². The summed E-state index contributed by atoms with van der Waals surface area (Å²) >= 11 is 0. The molecule has 4 N–H and O–H groups in total. The molecule has 2 atom stereocenters. The van der Waals surface area contributed by atoms with Crippen LogP contribution >= 0.6 is 0 Å². The van der Waals surface area contributed by atoms with E-state index < -0.39 is 35.5 Å². The number of ketones is 1. The summed E-state index contributed by atoms with van der Waals surface area (Å²) in [4.78, 5) is 50.3. The molecule has 0 aliphatic heterocycles. The van der Waals surface area contributed by atoms with Crippen molar-refractivity contribution in [1.29, 1.82) is 0 Å². The molecule has 9 heteroatoms. The summed E-state index contributed by atoms with van der Waals surface area (Å²) in [5.41, 5.74) is 6.56. The summed E-state index contributed by atoms with van der Waals surface area (Å²) in [5, 5.41) is 5.50. The minimum Gasteiger partial charge on any atom is -0.458 e. The lowest BCUT2D eigenvalue weighted by Gasteiger charge is -2.26. The number of ether oxygens (including phenoxy) is 2. The molecule has 0 spiro atoms. The van der Waals surface area contributed by atoms with Gasteiger partial charge in [0.2, 0.25) is 5.91 Å². The van der Waals surface area contributed by atoms with E-state index in [4.69, 9.17) is 15.2 Å². The number of benzene rings is 2. The normalized spacial score (nSPS) is 12.6. The fraction of sp³-hybridized carbons (Fsp3) is 0.467. The van der Waals surface area contributed by atoms with Crippen LogP contribution < -0.4 is 16.4 Å². The predicted octanol–water partition coefficient (Wildman–Crippen LogP) is 3.69. The molecule has 212 valence electrons. The van der Waals surface area contributed by atoms with E-state index in [1.54, 1.807) is 20.8 Å². The van der Waals surface area contributed by atoms with Crippen LogP contribution in [-0.2, 0) is 36.9 Å². The molecule has 0 unspecified atom stereocenters. The highest BCUT2D eigenvalue weighted by Crippen LogP contribution is 2.16. The number of carbonyl (C=O) groups excluding carboxylic acids is 4. The van der Waals surface area contributed by atoms with Crippen LogP contribution in [0.1, 0.15) is 57.6 Å². The Morgan fingerprint density at radius 1 is 0.897 bits per heavy atom. The Bertz CT molecular complexity index is 1050. The van der Waals surface area contributed by atoms with E-state index in [2.05, 4.69) is 10.6 Å². The number of hydrogen-bond acceptors (Lipinski definition) is 7. The maximum Gasteiger partial charge on any atom is 0.407 e. The molecule has 0 saturated heterocycles. The Morgan fingerprint density at radius 3 is 2.10 bits per heavy atom. The molecule has 0 aliphatic rings. The van der Waals surface area contributed by atoms with Crippen molar-refractivity contribution in [3.63, 3.8) is 0 Å². The first-order valence-electron chi connectivity index (χ1n) is 13.3. The zero-order valence-electron chi connectivity index (χ0n) is 23.1. The van der Waals surface area contributed by atoms with Crippen LogP contribution in [-0.4, -0.2) is 48.5 Å². The molecule has 0 heterocycles. The number of unbranched alkanes of at least 4 members (excludes halogenated alkanes) is 1. The van der Waals surface area contributed by atoms with Gasteiger partial charge in [-0.25, -0.2) is 9.59 Å². The Balaban J connectivity index is 1.93. The Morgan fingerprint density at radius 2 is 1.51 bits per heavy atom. The molecule has 0 aromatic heterocycles. The van der Waals surface area contributed by atoms with E-state index in [0.717, 1.165) is 11.1 Å². The van der Waals surface area contributed by atoms with Gasteiger partial charge in [0.05, 0.1) is 6.54 Å². The van der Waals surface area contributed by atoms with Crippen molar-refractivity contribution in [2.45, 2.75) is 71.1 Å². The summed E-state index contributed by atoms with van der Waals surface area (Å²) in [6.45, 7) is 5.64. The lowest BCUT2D eigenvalue weighted by Crippen LogP contribution is -2.47. The van der Waals surface area contributed by atoms with Crippen molar-refractivity contribution >= 4 is 23.8 Å². The number of carbonyl (C=O) groups is 4. The quantitative estimate of drug-likeness (QED) is 0.232. The molecule has 2 aromatic rings. The van der Waals surface area contributed by atoms with Crippen molar-refractivity contribution in [2.24, 2.45) is 11.7 Å². The fourth-order valence-corrected chi connectivity index (χ4v) is 3.86. The maximum absolute atomic E-state index is 13.3. The average Bonchev–Trinajstić information content (AvgIpc) is 2.90. The standard InChI is InChI=1S/C30H41N3O6/c1-30(2,3)39-28(36)26(16-10-11-17-32-29(37)38-21-23-14-8-5-9-15-23)33-27(35)24(19-25(34)20-31)18-22-12-6-4-7-13-22/h4-9,12-15,24,26H,10-11,16-21,31H2,1-3H3,(H,32,37)(H,33,35)/t24-,26+/m1/s1. The molecule has 0 bridgehead atoms. The summed E-state index contributed by atoms with van der Waals surface area (Å²) in [6.07, 6.45) is 1.21. The highest BCUT2D eigenvalue weighted by molar-refractivity contribution is 5.90. The van der Waals surface area contributed by atoms with Gasteiger partial charge in [-0.15, -0.1) is 0 Å². The van der Waals surface area contributed by atoms with E-state index >= 15 is 0 Å². The summed E-state index contributed by atoms with van der Waals surface area (Å²) in [6, 6.07) is 17.9. The van der Waals surface area contributed by atoms with E-state index in [1.165, 1.54) is 0 Å². The van der Waals surface area contributed by atoms with Crippen molar-refractivity contribution in [2.75, 3.05) is 13.1 Å². The molecular weight excluding hydrogens is 498 g/mol. The molecule has 2 aromatic carbocycles. The van der Waals surface area contributed by atoms with Crippen LogP contribution in [0.5, 0.6) is 0 Å². The SMILES string of the molecule is CC(C)(C)OC(=O)[C@H](CCCCNC(=O)OCc1ccccc1)NC(=O)[C@@H](CC(=O)CN)Cc1ccccc1. The topological polar surface area (TPSA) is 137 Å². The first-order valence-corrected chi connectivity index (χ1v) is 13.3. The van der Waals surface area contributed by atoms with Crippen LogP contribution in [0.15, 0.2) is 60.7 Å². The first-order chi connectivity index (χ1) is 18.6. The van der Waals surface area contributed by atoms with E-state index in [9.17, 15) is 19.2 Å². The van der Waals surface area contributed by atoms with E-state index in [-0.39, 0.29) is 25.4 Å². The second-order valence-corrected chi connectivity index (χ2v) is 10.4. The van der Waals surface area contributed by atoms with Gasteiger partial charge in [0.1, 0.15) is 24.0 Å².